The molecule has 3 rings (SSSR count). The van der Waals surface area contributed by atoms with Gasteiger partial charge >= 0.3 is 6.03 Å². The Morgan fingerprint density at radius 2 is 2.00 bits per heavy atom. The first-order valence-electron chi connectivity index (χ1n) is 11.2. The first kappa shape index (κ1) is 26.0. The van der Waals surface area contributed by atoms with Crippen molar-refractivity contribution in [1.82, 2.24) is 15.2 Å². The molecular formula is C25H28ClN5O4. The Hall–Kier alpha value is -3.58. The molecule has 1 aromatic heterocycles. The zero-order valence-corrected chi connectivity index (χ0v) is 20.6. The van der Waals surface area contributed by atoms with Gasteiger partial charge in [-0.3, -0.25) is 4.98 Å². The van der Waals surface area contributed by atoms with Gasteiger partial charge in [-0.25, -0.2) is 9.64 Å². The number of anilines is 1. The number of fused-ring (bicyclic) bond motifs is 1. The largest absolute Gasteiger partial charge is 0.502 e. The van der Waals surface area contributed by atoms with Crippen molar-refractivity contribution in [3.05, 3.63) is 59.0 Å². The van der Waals surface area contributed by atoms with Gasteiger partial charge in [0.2, 0.25) is 5.69 Å². The molecule has 0 aliphatic heterocycles. The molecule has 1 heterocycles. The number of aliphatic hydroxyl groups excluding tert-OH is 1. The van der Waals surface area contributed by atoms with E-state index in [0.717, 1.165) is 13.1 Å². The highest BCUT2D eigenvalue weighted by atomic mass is 35.5. The van der Waals surface area contributed by atoms with Crippen LogP contribution in [-0.2, 0) is 0 Å². The van der Waals surface area contributed by atoms with Crippen molar-refractivity contribution in [3.8, 4) is 17.2 Å². The molecule has 0 radical (unpaired) electrons. The van der Waals surface area contributed by atoms with Gasteiger partial charge in [0.05, 0.1) is 22.8 Å². The van der Waals surface area contributed by atoms with Crippen LogP contribution in [0, 0.1) is 6.57 Å². The number of aliphatic hydroxyl groups is 1. The Labute approximate surface area is 209 Å². The van der Waals surface area contributed by atoms with E-state index in [0.29, 0.717) is 45.4 Å². The number of likely N-dealkylation sites (N-methyl/N-ethyl adjacent to an activating group) is 1. The highest BCUT2D eigenvalue weighted by Crippen LogP contribution is 2.38. The number of nitrogens with zero attached hydrogens (tertiary/aromatic N) is 3. The summed E-state index contributed by atoms with van der Waals surface area (Å²) in [7, 11) is 1.51. The van der Waals surface area contributed by atoms with Crippen LogP contribution in [0.5, 0.6) is 17.2 Å². The normalized spacial score (nSPS) is 11.7. The SMILES string of the molecule is [C-]#[N+]c1cc2c(Oc3ccc(NC(=O)NC)c(Cl)c3)ccnc2cc1OC[C@H](O)CN(CC)CC. The van der Waals surface area contributed by atoms with Crippen LogP contribution < -0.4 is 20.1 Å². The minimum absolute atomic E-state index is 0.0651. The number of urea groups is 1. The number of halogens is 1. The van der Waals surface area contributed by atoms with Crippen molar-refractivity contribution in [2.45, 2.75) is 20.0 Å². The molecule has 3 aromatic rings. The smallest absolute Gasteiger partial charge is 0.319 e. The topological polar surface area (TPSA) is 100 Å². The fourth-order valence-corrected chi connectivity index (χ4v) is 3.64. The number of hydrogen-bond donors (Lipinski definition) is 3. The van der Waals surface area contributed by atoms with Crippen LogP contribution in [0.25, 0.3) is 15.7 Å². The third kappa shape index (κ3) is 6.73. The molecule has 35 heavy (non-hydrogen) atoms. The zero-order valence-electron chi connectivity index (χ0n) is 19.8. The molecule has 0 aliphatic carbocycles. The number of carbonyl (C=O) groups excluding carboxylic acids is 1. The molecule has 0 fully saturated rings. The molecule has 0 bridgehead atoms. The number of pyridine rings is 1. The summed E-state index contributed by atoms with van der Waals surface area (Å²) < 4.78 is 11.8. The molecule has 2 amide bonds. The van der Waals surface area contributed by atoms with Gasteiger partial charge in [-0.2, -0.15) is 0 Å². The summed E-state index contributed by atoms with van der Waals surface area (Å²) in [5, 5.41) is 16.3. The van der Waals surface area contributed by atoms with Gasteiger partial charge in [-0.1, -0.05) is 25.4 Å². The average Bonchev–Trinajstić information content (AvgIpc) is 2.87. The number of nitrogens with one attached hydrogen (secondary N) is 2. The highest BCUT2D eigenvalue weighted by Gasteiger charge is 2.15. The Kier molecular flexibility index (Phi) is 9.09. The highest BCUT2D eigenvalue weighted by molar-refractivity contribution is 6.33. The fraction of sp³-hybridized carbons (Fsp3) is 0.320. The fourth-order valence-electron chi connectivity index (χ4n) is 3.42. The van der Waals surface area contributed by atoms with Crippen molar-refractivity contribution in [3.63, 3.8) is 0 Å². The predicted octanol–water partition coefficient (Wildman–Crippen LogP) is 5.06. The quantitative estimate of drug-likeness (QED) is 0.338. The Balaban J connectivity index is 1.81. The van der Waals surface area contributed by atoms with Crippen molar-refractivity contribution >= 4 is 39.9 Å². The van der Waals surface area contributed by atoms with Crippen molar-refractivity contribution in [2.75, 3.05) is 38.6 Å². The summed E-state index contributed by atoms with van der Waals surface area (Å²) in [5.74, 6) is 1.29. The molecule has 0 saturated carbocycles. The summed E-state index contributed by atoms with van der Waals surface area (Å²) in [6, 6.07) is 9.53. The second-order valence-electron chi connectivity index (χ2n) is 7.66. The van der Waals surface area contributed by atoms with Crippen LogP contribution in [0.4, 0.5) is 16.2 Å². The predicted molar refractivity (Wildman–Crippen MR) is 137 cm³/mol. The summed E-state index contributed by atoms with van der Waals surface area (Å²) in [6.45, 7) is 13.9. The van der Waals surface area contributed by atoms with Crippen LogP contribution in [0.3, 0.4) is 0 Å². The average molecular weight is 498 g/mol. The molecular weight excluding hydrogens is 470 g/mol. The third-order valence-corrected chi connectivity index (χ3v) is 5.65. The Morgan fingerprint density at radius 3 is 2.66 bits per heavy atom. The second-order valence-corrected chi connectivity index (χ2v) is 8.06. The molecule has 2 aromatic carbocycles. The van der Waals surface area contributed by atoms with E-state index in [1.54, 1.807) is 42.6 Å². The summed E-state index contributed by atoms with van der Waals surface area (Å²) in [6.07, 6.45) is 0.912. The van der Waals surface area contributed by atoms with Crippen molar-refractivity contribution in [2.24, 2.45) is 0 Å². The molecule has 3 N–H and O–H groups in total. The molecule has 0 unspecified atom stereocenters. The molecule has 1 atom stereocenters. The lowest BCUT2D eigenvalue weighted by molar-refractivity contribution is 0.0720. The monoisotopic (exact) mass is 497 g/mol. The maximum absolute atomic E-state index is 11.5. The van der Waals surface area contributed by atoms with E-state index >= 15 is 0 Å². The van der Waals surface area contributed by atoms with Crippen LogP contribution >= 0.6 is 11.6 Å². The van der Waals surface area contributed by atoms with E-state index in [2.05, 4.69) is 25.4 Å². The molecule has 0 aliphatic rings. The van der Waals surface area contributed by atoms with Gasteiger partial charge in [0.15, 0.2) is 0 Å². The minimum Gasteiger partial charge on any atom is -0.502 e. The molecule has 9 nitrogen and oxygen atoms in total. The van der Waals surface area contributed by atoms with Crippen LogP contribution in [0.1, 0.15) is 13.8 Å². The van der Waals surface area contributed by atoms with Gasteiger partial charge in [0.25, 0.3) is 0 Å². The van der Waals surface area contributed by atoms with E-state index < -0.39 is 6.10 Å². The van der Waals surface area contributed by atoms with Crippen LogP contribution in [-0.4, -0.2) is 60.4 Å². The molecule has 10 heteroatoms. The maximum Gasteiger partial charge on any atom is 0.319 e. The van der Waals surface area contributed by atoms with Crippen molar-refractivity contribution in [1.29, 1.82) is 0 Å². The number of carbonyl (C=O) groups is 1. The third-order valence-electron chi connectivity index (χ3n) is 5.34. The van der Waals surface area contributed by atoms with Gasteiger partial charge in [0, 0.05) is 31.2 Å². The minimum atomic E-state index is -0.683. The molecule has 184 valence electrons. The molecule has 0 spiro atoms. The van der Waals surface area contributed by atoms with E-state index in [1.807, 2.05) is 13.8 Å². The first-order chi connectivity index (χ1) is 16.9. The second kappa shape index (κ2) is 12.2. The number of benzene rings is 2. The lowest BCUT2D eigenvalue weighted by atomic mass is 10.1. The van der Waals surface area contributed by atoms with E-state index in [4.69, 9.17) is 27.6 Å². The summed E-state index contributed by atoms with van der Waals surface area (Å²) >= 11 is 6.28. The zero-order chi connectivity index (χ0) is 25.4. The van der Waals surface area contributed by atoms with Crippen LogP contribution in [0.15, 0.2) is 42.6 Å². The number of aromatic nitrogens is 1. The number of rotatable bonds is 10. The van der Waals surface area contributed by atoms with Gasteiger partial charge in [-0.15, -0.1) is 0 Å². The first-order valence-corrected chi connectivity index (χ1v) is 11.6. The lowest BCUT2D eigenvalue weighted by Gasteiger charge is -2.22. The number of hydrogen-bond acceptors (Lipinski definition) is 6. The van der Waals surface area contributed by atoms with Gasteiger partial charge in [-0.05, 0) is 43.4 Å². The number of ether oxygens (including phenoxy) is 2. The Morgan fingerprint density at radius 1 is 1.23 bits per heavy atom. The standard InChI is InChI=1S/C25H28ClN5O4/c1-5-31(6-2)14-16(32)15-34-24-13-21-18(12-22(24)27-3)23(9-10-29-21)35-17-7-8-20(19(26)11-17)30-25(33)28-4/h7-13,16,32H,5-6,14-15H2,1-2,4H3,(H2,28,30,33)/t16-/m1/s1. The van der Waals surface area contributed by atoms with Gasteiger partial charge < -0.3 is 30.1 Å². The summed E-state index contributed by atoms with van der Waals surface area (Å²) in [5.41, 5.74) is 1.30. The van der Waals surface area contributed by atoms with Crippen molar-refractivity contribution < 1.29 is 19.4 Å². The lowest BCUT2D eigenvalue weighted by Crippen LogP contribution is -2.35. The van der Waals surface area contributed by atoms with E-state index in [-0.39, 0.29) is 18.3 Å². The van der Waals surface area contributed by atoms with Crippen LogP contribution in [0.2, 0.25) is 5.02 Å². The van der Waals surface area contributed by atoms with E-state index in [1.165, 1.54) is 7.05 Å². The molecule has 0 saturated heterocycles. The number of amides is 2. The van der Waals surface area contributed by atoms with E-state index in [9.17, 15) is 9.90 Å². The maximum atomic E-state index is 11.5. The Bertz CT molecular complexity index is 1230. The summed E-state index contributed by atoms with van der Waals surface area (Å²) in [4.78, 5) is 21.6. The van der Waals surface area contributed by atoms with Gasteiger partial charge in [0.1, 0.15) is 30.0 Å².